The van der Waals surface area contributed by atoms with Crippen LogP contribution in [0.15, 0.2) is 53.4 Å². The van der Waals surface area contributed by atoms with E-state index in [0.29, 0.717) is 13.1 Å². The highest BCUT2D eigenvalue weighted by atomic mass is 32.2. The first kappa shape index (κ1) is 23.6. The number of alkyl halides is 6. The molecule has 0 radical (unpaired) electrons. The highest BCUT2D eigenvalue weighted by Crippen LogP contribution is 2.38. The third-order valence-corrected chi connectivity index (χ3v) is 7.18. The van der Waals surface area contributed by atoms with Crippen molar-refractivity contribution >= 4 is 10.0 Å². The Labute approximate surface area is 176 Å². The second kappa shape index (κ2) is 8.44. The molecule has 1 fully saturated rings. The molecule has 0 N–H and O–H groups in total. The van der Waals surface area contributed by atoms with Crippen LogP contribution in [0.2, 0.25) is 0 Å². The number of sulfonamides is 1. The molecule has 170 valence electrons. The van der Waals surface area contributed by atoms with E-state index < -0.39 is 38.4 Å². The van der Waals surface area contributed by atoms with E-state index in [2.05, 4.69) is 0 Å². The molecule has 1 heterocycles. The first-order valence-electron chi connectivity index (χ1n) is 9.39. The lowest BCUT2D eigenvalue weighted by Gasteiger charge is -2.37. The van der Waals surface area contributed by atoms with Crippen LogP contribution < -0.4 is 0 Å². The molecular formula is C20H20F6N2O2S. The van der Waals surface area contributed by atoms with Crippen molar-refractivity contribution in [2.24, 2.45) is 0 Å². The van der Waals surface area contributed by atoms with Gasteiger partial charge in [0, 0.05) is 32.2 Å². The van der Waals surface area contributed by atoms with E-state index in [1.54, 1.807) is 0 Å². The quantitative estimate of drug-likeness (QED) is 0.609. The molecule has 0 aliphatic carbocycles. The van der Waals surface area contributed by atoms with Crippen LogP contribution in [-0.2, 0) is 22.4 Å². The van der Waals surface area contributed by atoms with Gasteiger partial charge < -0.3 is 0 Å². The molecule has 0 saturated carbocycles. The Hall–Kier alpha value is -2.11. The van der Waals surface area contributed by atoms with Gasteiger partial charge >= 0.3 is 12.4 Å². The number of benzene rings is 2. The lowest BCUT2D eigenvalue weighted by atomic mass is 10.1. The largest absolute Gasteiger partial charge is 0.416 e. The van der Waals surface area contributed by atoms with Gasteiger partial charge in [-0.25, -0.2) is 8.42 Å². The van der Waals surface area contributed by atoms with Crippen LogP contribution >= 0.6 is 0 Å². The van der Waals surface area contributed by atoms with Crippen molar-refractivity contribution in [3.05, 3.63) is 65.2 Å². The fourth-order valence-electron chi connectivity index (χ4n) is 3.50. The molecule has 0 bridgehead atoms. The summed E-state index contributed by atoms with van der Waals surface area (Å²) in [7, 11) is -4.53. The number of halogens is 6. The van der Waals surface area contributed by atoms with Gasteiger partial charge in [-0.05, 0) is 30.7 Å². The fraction of sp³-hybridized carbons (Fsp3) is 0.400. The minimum absolute atomic E-state index is 0.0172. The molecule has 11 heteroatoms. The van der Waals surface area contributed by atoms with Gasteiger partial charge in [0.15, 0.2) is 0 Å². The first-order valence-corrected chi connectivity index (χ1v) is 10.8. The number of nitrogens with zero attached hydrogens (tertiary/aromatic N) is 2. The summed E-state index contributed by atoms with van der Waals surface area (Å²) in [6.07, 6.45) is -10.2. The van der Waals surface area contributed by atoms with E-state index in [9.17, 15) is 34.8 Å². The summed E-state index contributed by atoms with van der Waals surface area (Å²) in [5, 5.41) is 0. The lowest BCUT2D eigenvalue weighted by molar-refractivity contribution is -0.143. The summed E-state index contributed by atoms with van der Waals surface area (Å²) in [4.78, 5) is 0.994. The Bertz CT molecular complexity index is 982. The average molecular weight is 466 g/mol. The highest BCUT2D eigenvalue weighted by Gasteiger charge is 2.39. The summed E-state index contributed by atoms with van der Waals surface area (Å²) in [6, 6.07) is 9.87. The van der Waals surface area contributed by atoms with Crippen LogP contribution in [0.4, 0.5) is 26.3 Å². The predicted molar refractivity (Wildman–Crippen MR) is 102 cm³/mol. The maximum Gasteiger partial charge on any atom is 0.416 e. The molecule has 0 spiro atoms. The van der Waals surface area contributed by atoms with Gasteiger partial charge in [-0.3, -0.25) is 4.90 Å². The Morgan fingerprint density at radius 3 is 1.74 bits per heavy atom. The molecule has 0 amide bonds. The minimum Gasteiger partial charge on any atom is -0.294 e. The van der Waals surface area contributed by atoms with Gasteiger partial charge in [-0.15, -0.1) is 0 Å². The molecule has 2 aromatic rings. The summed E-state index contributed by atoms with van der Waals surface area (Å²) >= 11 is 0. The zero-order chi connectivity index (χ0) is 23.0. The number of piperazine rings is 1. The van der Waals surface area contributed by atoms with Gasteiger partial charge in [-0.2, -0.15) is 30.6 Å². The van der Waals surface area contributed by atoms with E-state index in [1.165, 1.54) is 0 Å². The van der Waals surface area contributed by atoms with Gasteiger partial charge in [0.2, 0.25) is 10.0 Å². The van der Waals surface area contributed by atoms with Gasteiger partial charge in [0.25, 0.3) is 0 Å². The molecule has 31 heavy (non-hydrogen) atoms. The molecule has 1 saturated heterocycles. The van der Waals surface area contributed by atoms with Crippen LogP contribution in [-0.4, -0.2) is 43.8 Å². The Morgan fingerprint density at radius 1 is 0.806 bits per heavy atom. The molecule has 0 aromatic heterocycles. The summed E-state index contributed by atoms with van der Waals surface area (Å²) in [5.74, 6) is 0. The number of rotatable bonds is 4. The summed E-state index contributed by atoms with van der Waals surface area (Å²) in [6.45, 7) is 2.44. The maximum absolute atomic E-state index is 13.1. The zero-order valence-corrected chi connectivity index (χ0v) is 17.2. The molecule has 1 atom stereocenters. The smallest absolute Gasteiger partial charge is 0.294 e. The maximum atomic E-state index is 13.1. The monoisotopic (exact) mass is 466 g/mol. The minimum atomic E-state index is -5.12. The molecular weight excluding hydrogens is 446 g/mol. The summed E-state index contributed by atoms with van der Waals surface area (Å²) in [5.41, 5.74) is -2.29. The third kappa shape index (κ3) is 5.21. The highest BCUT2D eigenvalue weighted by molar-refractivity contribution is 7.89. The fourth-order valence-corrected chi connectivity index (χ4v) is 4.99. The van der Waals surface area contributed by atoms with E-state index >= 15 is 0 Å². The molecule has 1 aliphatic rings. The number of hydrogen-bond donors (Lipinski definition) is 0. The average Bonchev–Trinajstić information content (AvgIpc) is 2.72. The van der Waals surface area contributed by atoms with Gasteiger partial charge in [0.1, 0.15) is 0 Å². The van der Waals surface area contributed by atoms with Crippen LogP contribution in [0, 0.1) is 0 Å². The normalized spacial score (nSPS) is 18.2. The van der Waals surface area contributed by atoms with Crippen molar-refractivity contribution in [1.82, 2.24) is 9.21 Å². The van der Waals surface area contributed by atoms with Crippen molar-refractivity contribution in [3.8, 4) is 0 Å². The van der Waals surface area contributed by atoms with Crippen LogP contribution in [0.25, 0.3) is 0 Å². The number of hydrogen-bond acceptors (Lipinski definition) is 3. The molecule has 3 rings (SSSR count). The topological polar surface area (TPSA) is 40.6 Å². The van der Waals surface area contributed by atoms with E-state index in [1.807, 2.05) is 42.2 Å². The van der Waals surface area contributed by atoms with Crippen molar-refractivity contribution in [3.63, 3.8) is 0 Å². The van der Waals surface area contributed by atoms with Gasteiger partial charge in [-0.1, -0.05) is 30.3 Å². The van der Waals surface area contributed by atoms with Crippen molar-refractivity contribution in [1.29, 1.82) is 0 Å². The second-order valence-electron chi connectivity index (χ2n) is 7.27. The first-order chi connectivity index (χ1) is 14.3. The van der Waals surface area contributed by atoms with Crippen LogP contribution in [0.1, 0.15) is 29.7 Å². The molecule has 4 nitrogen and oxygen atoms in total. The van der Waals surface area contributed by atoms with E-state index in [0.717, 1.165) is 9.87 Å². The standard InChI is InChI=1S/C20H20F6N2O2S/c1-14(15-5-3-2-4-6-15)27-7-9-28(10-8-27)31(29,30)18-12-16(19(21,22)23)11-17(13-18)20(24,25)26/h2-6,11-14H,7-10H2,1H3. The SMILES string of the molecule is CC(c1ccccc1)N1CCN(S(=O)(=O)c2cc(C(F)(F)F)cc(C(F)(F)F)c2)CC1. The Morgan fingerprint density at radius 2 is 1.29 bits per heavy atom. The molecule has 1 unspecified atom stereocenters. The van der Waals surface area contributed by atoms with Crippen molar-refractivity contribution < 1.29 is 34.8 Å². The Balaban J connectivity index is 1.84. The van der Waals surface area contributed by atoms with Gasteiger partial charge in [0.05, 0.1) is 16.0 Å². The van der Waals surface area contributed by atoms with E-state index in [-0.39, 0.29) is 37.3 Å². The van der Waals surface area contributed by atoms with Crippen LogP contribution in [0.3, 0.4) is 0 Å². The Kier molecular flexibility index (Phi) is 6.41. The van der Waals surface area contributed by atoms with Crippen molar-refractivity contribution in [2.75, 3.05) is 26.2 Å². The zero-order valence-electron chi connectivity index (χ0n) is 16.4. The second-order valence-corrected chi connectivity index (χ2v) is 9.21. The van der Waals surface area contributed by atoms with Crippen molar-refractivity contribution in [2.45, 2.75) is 30.2 Å². The molecule has 1 aliphatic heterocycles. The predicted octanol–water partition coefficient (Wildman–Crippen LogP) is 4.79. The third-order valence-electron chi connectivity index (χ3n) is 5.30. The lowest BCUT2D eigenvalue weighted by Crippen LogP contribution is -2.49. The molecule has 2 aromatic carbocycles. The van der Waals surface area contributed by atoms with E-state index in [4.69, 9.17) is 0 Å². The summed E-state index contributed by atoms with van der Waals surface area (Å²) < 4.78 is 105. The van der Waals surface area contributed by atoms with Crippen LogP contribution in [0.5, 0.6) is 0 Å².